The van der Waals surface area contributed by atoms with Gasteiger partial charge in [-0.25, -0.2) is 12.1 Å². The molecule has 3 heteroatoms. The van der Waals surface area contributed by atoms with Gasteiger partial charge in [-0.1, -0.05) is 0 Å². The van der Waals surface area contributed by atoms with E-state index >= 15 is 0 Å². The van der Waals surface area contributed by atoms with Crippen molar-refractivity contribution < 1.29 is 22.2 Å². The molecule has 0 aliphatic heterocycles. The van der Waals surface area contributed by atoms with Crippen LogP contribution in [-0.4, -0.2) is 18.3 Å². The Hall–Kier alpha value is -0.861. The van der Waals surface area contributed by atoms with Crippen molar-refractivity contribution in [2.45, 2.75) is 13.0 Å². The van der Waals surface area contributed by atoms with E-state index < -0.39 is 0 Å². The van der Waals surface area contributed by atoms with Crippen molar-refractivity contribution in [2.24, 2.45) is 0 Å². The topological polar surface area (TPSA) is 32.3 Å². The summed E-state index contributed by atoms with van der Waals surface area (Å²) in [4.78, 5) is 0. The summed E-state index contributed by atoms with van der Waals surface area (Å²) < 4.78 is 0. The second kappa shape index (κ2) is 11.6. The first-order valence-corrected chi connectivity index (χ1v) is 5.62. The van der Waals surface area contributed by atoms with Crippen LogP contribution in [0.1, 0.15) is 12.0 Å². The molecule has 0 aliphatic rings. The van der Waals surface area contributed by atoms with Crippen molar-refractivity contribution in [3.05, 3.63) is 60.2 Å². The monoisotopic (exact) mass is 273 g/mol. The van der Waals surface area contributed by atoms with Crippen molar-refractivity contribution in [2.75, 3.05) is 13.2 Å². The molecule has 0 atom stereocenters. The quantitative estimate of drug-likeness (QED) is 0.497. The summed E-state index contributed by atoms with van der Waals surface area (Å²) in [7, 11) is 0. The summed E-state index contributed by atoms with van der Waals surface area (Å²) in [5, 5.41) is 11.7. The summed E-state index contributed by atoms with van der Waals surface area (Å²) >= 11 is 0. The van der Waals surface area contributed by atoms with Crippen molar-refractivity contribution in [1.29, 1.82) is 0 Å². The molecule has 0 radical (unpaired) electrons. The minimum Gasteiger partial charge on any atom is -0.748 e. The van der Waals surface area contributed by atoms with Crippen LogP contribution >= 0.6 is 0 Å². The van der Waals surface area contributed by atoms with Crippen molar-refractivity contribution in [3.8, 4) is 0 Å². The van der Waals surface area contributed by atoms with Gasteiger partial charge in [-0.15, -0.1) is 0 Å². The van der Waals surface area contributed by atoms with E-state index in [2.05, 4.69) is 17.4 Å². The average Bonchev–Trinajstić information content (AvgIpc) is 2.99. The standard InChI is InChI=1S/C9H14NO.C5H5.Fe/c11-7-3-6-10-8-9-4-1-2-5-9;1-2-4-5-3-1;/h1-2,4-5,10-11H,3,6-8H2;1-5H;/q-5;-1;. The molecule has 0 aromatic heterocycles. The predicted molar refractivity (Wildman–Crippen MR) is 67.5 cm³/mol. The molecule has 0 saturated carbocycles. The summed E-state index contributed by atoms with van der Waals surface area (Å²) in [6.45, 7) is 2.07. The molecule has 2 rings (SSSR count). The van der Waals surface area contributed by atoms with Crippen LogP contribution in [0.3, 0.4) is 0 Å². The molecule has 2 aromatic rings. The zero-order chi connectivity index (χ0) is 11.5. The molecule has 17 heavy (non-hydrogen) atoms. The molecule has 0 bridgehead atoms. The number of aliphatic hydroxyl groups is 1. The van der Waals surface area contributed by atoms with Gasteiger partial charge in [-0.3, -0.25) is 0 Å². The normalized spacial score (nSPS) is 9.00. The smallest absolute Gasteiger partial charge is 0.0443 e. The van der Waals surface area contributed by atoms with Crippen LogP contribution in [-0.2, 0) is 23.6 Å². The summed E-state index contributed by atoms with van der Waals surface area (Å²) in [6.07, 6.45) is 0.834. The minimum atomic E-state index is 0. The summed E-state index contributed by atoms with van der Waals surface area (Å²) in [5.41, 5.74) is 1.31. The van der Waals surface area contributed by atoms with Crippen LogP contribution < -0.4 is 5.32 Å². The molecular weight excluding hydrogens is 254 g/mol. The average molecular weight is 273 g/mol. The summed E-state index contributed by atoms with van der Waals surface area (Å²) in [6, 6.07) is 18.2. The Balaban J connectivity index is 0.000000360. The van der Waals surface area contributed by atoms with Crippen LogP contribution in [0.25, 0.3) is 0 Å². The van der Waals surface area contributed by atoms with Gasteiger partial charge in [-0.05, 0) is 13.0 Å². The van der Waals surface area contributed by atoms with Gasteiger partial charge in [0, 0.05) is 23.7 Å². The molecule has 0 fully saturated rings. The molecule has 100 valence electrons. The van der Waals surface area contributed by atoms with E-state index in [1.165, 1.54) is 5.56 Å². The van der Waals surface area contributed by atoms with Crippen LogP contribution in [0.5, 0.6) is 0 Å². The molecule has 0 unspecified atom stereocenters. The first-order valence-electron chi connectivity index (χ1n) is 5.62. The third-order valence-electron chi connectivity index (χ3n) is 2.13. The maximum absolute atomic E-state index is 8.48. The molecule has 0 saturated heterocycles. The SMILES string of the molecule is OCCCNC[c-]1[cH-][cH-][cH-][cH-]1.[Fe].c1cc[cH-]c1. The Morgan fingerprint density at radius 1 is 1.12 bits per heavy atom. The molecular formula is C14H19FeNO-6. The fourth-order valence-corrected chi connectivity index (χ4v) is 1.29. The number of hydrogen-bond acceptors (Lipinski definition) is 2. The van der Waals surface area contributed by atoms with Gasteiger partial charge in [-0.2, -0.15) is 24.7 Å². The van der Waals surface area contributed by atoms with Gasteiger partial charge >= 0.3 is 0 Å². The largest absolute Gasteiger partial charge is 0.748 e. The van der Waals surface area contributed by atoms with E-state index in [9.17, 15) is 0 Å². The van der Waals surface area contributed by atoms with E-state index in [0.29, 0.717) is 0 Å². The van der Waals surface area contributed by atoms with Crippen LogP contribution in [0, 0.1) is 0 Å². The predicted octanol–water partition coefficient (Wildman–Crippen LogP) is 2.28. The number of nitrogens with one attached hydrogen (secondary N) is 1. The van der Waals surface area contributed by atoms with E-state index in [1.54, 1.807) is 0 Å². The van der Waals surface area contributed by atoms with Gasteiger partial charge in [0.15, 0.2) is 0 Å². The number of rotatable bonds is 5. The van der Waals surface area contributed by atoms with Crippen LogP contribution in [0.2, 0.25) is 0 Å². The Morgan fingerprint density at radius 2 is 1.76 bits per heavy atom. The third-order valence-corrected chi connectivity index (χ3v) is 2.13. The molecule has 0 heterocycles. The first kappa shape index (κ1) is 16.1. The molecule has 2 N–H and O–H groups in total. The van der Waals surface area contributed by atoms with Gasteiger partial charge in [0.1, 0.15) is 0 Å². The minimum absolute atomic E-state index is 0. The Bertz CT molecular complexity index is 299. The Kier molecular flexibility index (Phi) is 11.0. The fraction of sp³-hybridized carbons (Fsp3) is 0.286. The zero-order valence-corrected chi connectivity index (χ0v) is 10.9. The second-order valence-corrected chi connectivity index (χ2v) is 3.51. The maximum Gasteiger partial charge on any atom is 0.0443 e. The van der Waals surface area contributed by atoms with Gasteiger partial charge < -0.3 is 40.3 Å². The fourth-order valence-electron chi connectivity index (χ4n) is 1.29. The van der Waals surface area contributed by atoms with Crippen LogP contribution in [0.4, 0.5) is 0 Å². The molecule has 0 aliphatic carbocycles. The van der Waals surface area contributed by atoms with Gasteiger partial charge in [0.25, 0.3) is 0 Å². The number of hydrogen-bond donors (Lipinski definition) is 2. The van der Waals surface area contributed by atoms with Crippen LogP contribution in [0.15, 0.2) is 54.6 Å². The van der Waals surface area contributed by atoms with Gasteiger partial charge in [0.05, 0.1) is 0 Å². The first-order chi connectivity index (χ1) is 7.93. The van der Waals surface area contributed by atoms with Crippen molar-refractivity contribution >= 4 is 0 Å². The maximum atomic E-state index is 8.48. The Labute approximate surface area is 114 Å². The van der Waals surface area contributed by atoms with E-state index in [-0.39, 0.29) is 23.7 Å². The van der Waals surface area contributed by atoms with Gasteiger partial charge in [0.2, 0.25) is 0 Å². The Morgan fingerprint density at radius 3 is 2.24 bits per heavy atom. The third kappa shape index (κ3) is 8.90. The molecule has 0 spiro atoms. The van der Waals surface area contributed by atoms with Crippen molar-refractivity contribution in [3.63, 3.8) is 0 Å². The number of aliphatic hydroxyl groups excluding tert-OH is 1. The zero-order valence-electron chi connectivity index (χ0n) is 9.83. The molecule has 2 aromatic carbocycles. The summed E-state index contributed by atoms with van der Waals surface area (Å²) in [5.74, 6) is 0. The van der Waals surface area contributed by atoms with Crippen molar-refractivity contribution in [1.82, 2.24) is 5.32 Å². The molecule has 2 nitrogen and oxygen atoms in total. The van der Waals surface area contributed by atoms with E-state index in [1.807, 2.05) is 42.5 Å². The van der Waals surface area contributed by atoms with E-state index in [4.69, 9.17) is 5.11 Å². The van der Waals surface area contributed by atoms with E-state index in [0.717, 1.165) is 19.5 Å². The molecule has 0 amide bonds. The second-order valence-electron chi connectivity index (χ2n) is 3.51.